The van der Waals surface area contributed by atoms with Gasteiger partial charge in [0.2, 0.25) is 5.78 Å². The molecule has 2 heterocycles. The first-order valence-electron chi connectivity index (χ1n) is 7.32. The number of ether oxygens (including phenoxy) is 1. The predicted molar refractivity (Wildman–Crippen MR) is 91.9 cm³/mol. The Morgan fingerprint density at radius 2 is 2.13 bits per heavy atom. The van der Waals surface area contributed by atoms with Crippen LogP contribution in [0.1, 0.15) is 31.9 Å². The fourth-order valence-electron chi connectivity index (χ4n) is 2.81. The summed E-state index contributed by atoms with van der Waals surface area (Å²) in [5, 5.41) is 9.19. The molecule has 0 saturated carbocycles. The predicted octanol–water partition coefficient (Wildman–Crippen LogP) is 3.23. The van der Waals surface area contributed by atoms with Gasteiger partial charge in [-0.25, -0.2) is 0 Å². The quantitative estimate of drug-likeness (QED) is 0.742. The van der Waals surface area contributed by atoms with Gasteiger partial charge in [0.25, 0.3) is 0 Å². The van der Waals surface area contributed by atoms with Crippen LogP contribution in [0.25, 0.3) is 5.70 Å². The second-order valence-corrected chi connectivity index (χ2v) is 6.48. The van der Waals surface area contributed by atoms with Crippen molar-refractivity contribution in [2.45, 2.75) is 26.4 Å². The first-order valence-corrected chi connectivity index (χ1v) is 7.73. The molecule has 0 unspecified atom stereocenters. The van der Waals surface area contributed by atoms with Gasteiger partial charge in [-0.05, 0) is 50.6 Å². The zero-order valence-electron chi connectivity index (χ0n) is 13.2. The summed E-state index contributed by atoms with van der Waals surface area (Å²) in [4.78, 5) is 14.1. The Balaban J connectivity index is 2.24. The Morgan fingerprint density at radius 3 is 2.83 bits per heavy atom. The third-order valence-corrected chi connectivity index (χ3v) is 4.69. The van der Waals surface area contributed by atoms with Crippen LogP contribution in [0.15, 0.2) is 35.9 Å². The monoisotopic (exact) mass is 324 g/mol. The Bertz CT molecular complexity index is 828. The fraction of sp³-hybridized carbons (Fsp3) is 0.278. The Morgan fingerprint density at radius 1 is 1.39 bits per heavy atom. The third-order valence-electron chi connectivity index (χ3n) is 4.27. The highest BCUT2D eigenvalue weighted by molar-refractivity contribution is 7.82. The molecule has 0 fully saturated rings. The molecule has 0 radical (unpaired) electrons. The lowest BCUT2D eigenvalue weighted by molar-refractivity contribution is -0.109. The van der Waals surface area contributed by atoms with Gasteiger partial charge in [0.05, 0.1) is 17.3 Å². The molecule has 0 amide bonds. The first kappa shape index (κ1) is 15.4. The molecule has 0 N–H and O–H groups in total. The molecule has 23 heavy (non-hydrogen) atoms. The maximum Gasteiger partial charge on any atom is 0.213 e. The number of carbonyl (C=O) groups is 1. The van der Waals surface area contributed by atoms with Crippen LogP contribution in [0.3, 0.4) is 0 Å². The van der Waals surface area contributed by atoms with E-state index in [1.165, 1.54) is 6.08 Å². The summed E-state index contributed by atoms with van der Waals surface area (Å²) >= 11 is 5.33. The molecule has 2 aliphatic heterocycles. The smallest absolute Gasteiger partial charge is 0.213 e. The molecule has 1 aromatic rings. The minimum Gasteiger partial charge on any atom is -0.483 e. The lowest BCUT2D eigenvalue weighted by atomic mass is 9.89. The highest BCUT2D eigenvalue weighted by Gasteiger charge is 2.36. The number of hydrogen-bond acceptors (Lipinski definition) is 4. The maximum absolute atomic E-state index is 12.0. The molecule has 1 aromatic carbocycles. The van der Waals surface area contributed by atoms with Crippen LogP contribution >= 0.6 is 12.2 Å². The van der Waals surface area contributed by atoms with Crippen LogP contribution in [0.2, 0.25) is 0 Å². The molecule has 0 bridgehead atoms. The molecule has 2 aliphatic rings. The lowest BCUT2D eigenvalue weighted by Crippen LogP contribution is -2.42. The Labute approximate surface area is 140 Å². The number of benzene rings is 1. The van der Waals surface area contributed by atoms with Crippen molar-refractivity contribution in [3.8, 4) is 11.8 Å². The average molecular weight is 324 g/mol. The highest BCUT2D eigenvalue weighted by atomic mass is 32.1. The van der Waals surface area contributed by atoms with Crippen LogP contribution in [0.5, 0.6) is 5.75 Å². The van der Waals surface area contributed by atoms with E-state index in [1.54, 1.807) is 24.3 Å². The van der Waals surface area contributed by atoms with Crippen molar-refractivity contribution in [1.29, 1.82) is 5.26 Å². The number of fused-ring (bicyclic) bond motifs is 1. The average Bonchev–Trinajstić information content (AvgIpc) is 2.51. The normalized spacial score (nSPS) is 19.3. The molecule has 0 atom stereocenters. The summed E-state index contributed by atoms with van der Waals surface area (Å²) in [6.07, 6.45) is 3.31. The third kappa shape index (κ3) is 2.45. The van der Waals surface area contributed by atoms with Crippen molar-refractivity contribution >= 4 is 28.7 Å². The van der Waals surface area contributed by atoms with Gasteiger partial charge in [0.15, 0.2) is 4.99 Å². The molecule has 5 heteroatoms. The molecule has 4 nitrogen and oxygen atoms in total. The van der Waals surface area contributed by atoms with Crippen LogP contribution in [-0.2, 0) is 4.79 Å². The largest absolute Gasteiger partial charge is 0.483 e. The van der Waals surface area contributed by atoms with E-state index in [2.05, 4.69) is 6.07 Å². The molecule has 0 saturated heterocycles. The van der Waals surface area contributed by atoms with Gasteiger partial charge in [-0.15, -0.1) is 0 Å². The molecule has 116 valence electrons. The van der Waals surface area contributed by atoms with Gasteiger partial charge in [0.1, 0.15) is 11.4 Å². The summed E-state index contributed by atoms with van der Waals surface area (Å²) in [6, 6.07) is 7.46. The van der Waals surface area contributed by atoms with Crippen molar-refractivity contribution in [3.05, 3.63) is 47.1 Å². The summed E-state index contributed by atoms with van der Waals surface area (Å²) in [5.74, 6) is 0.522. The minimum absolute atomic E-state index is 0.172. The Hall–Kier alpha value is -2.45. The van der Waals surface area contributed by atoms with Gasteiger partial charge in [-0.1, -0.05) is 18.3 Å². The van der Waals surface area contributed by atoms with Gasteiger partial charge >= 0.3 is 0 Å². The van der Waals surface area contributed by atoms with Crippen LogP contribution in [0, 0.1) is 11.3 Å². The van der Waals surface area contributed by atoms with E-state index in [4.69, 9.17) is 17.0 Å². The standard InChI is InChI=1S/C18H16N2O2S/c1-11-16(20-8-4-5-14(21)17(20)23)13-9-12(10-19)6-7-15(13)22-18(11,2)3/h4-7,9H,8H2,1-3H3. The number of nitriles is 1. The number of rotatable bonds is 1. The van der Waals surface area contributed by atoms with E-state index < -0.39 is 5.60 Å². The van der Waals surface area contributed by atoms with Crippen molar-refractivity contribution < 1.29 is 9.53 Å². The highest BCUT2D eigenvalue weighted by Crippen LogP contribution is 2.43. The van der Waals surface area contributed by atoms with E-state index in [0.717, 1.165) is 16.8 Å². The summed E-state index contributed by atoms with van der Waals surface area (Å²) < 4.78 is 6.07. The first-order chi connectivity index (χ1) is 10.8. The van der Waals surface area contributed by atoms with E-state index in [1.807, 2.05) is 25.7 Å². The second kappa shape index (κ2) is 5.32. The topological polar surface area (TPSA) is 53.3 Å². The van der Waals surface area contributed by atoms with E-state index in [0.29, 0.717) is 17.9 Å². The molecule has 0 aliphatic carbocycles. The van der Waals surface area contributed by atoms with E-state index in [-0.39, 0.29) is 10.8 Å². The van der Waals surface area contributed by atoms with Crippen molar-refractivity contribution in [2.75, 3.05) is 6.54 Å². The lowest BCUT2D eigenvalue weighted by Gasteiger charge is -2.40. The molecule has 0 aromatic heterocycles. The van der Waals surface area contributed by atoms with Crippen molar-refractivity contribution in [3.63, 3.8) is 0 Å². The number of carbonyl (C=O) groups excluding carboxylic acids is 1. The summed E-state index contributed by atoms with van der Waals surface area (Å²) in [6.45, 7) is 6.47. The zero-order valence-corrected chi connectivity index (χ0v) is 14.0. The molecule has 3 rings (SSSR count). The number of hydrogen-bond donors (Lipinski definition) is 0. The van der Waals surface area contributed by atoms with Gasteiger partial charge in [-0.3, -0.25) is 4.79 Å². The fourth-order valence-corrected chi connectivity index (χ4v) is 3.04. The molecule has 0 spiro atoms. The van der Waals surface area contributed by atoms with Gasteiger partial charge < -0.3 is 9.64 Å². The molecular weight excluding hydrogens is 308 g/mol. The van der Waals surface area contributed by atoms with Crippen molar-refractivity contribution in [2.24, 2.45) is 0 Å². The van der Waals surface area contributed by atoms with E-state index in [9.17, 15) is 10.1 Å². The second-order valence-electron chi connectivity index (χ2n) is 6.09. The maximum atomic E-state index is 12.0. The van der Waals surface area contributed by atoms with Crippen molar-refractivity contribution in [1.82, 2.24) is 4.90 Å². The number of ketones is 1. The summed E-state index contributed by atoms with van der Waals surface area (Å²) in [7, 11) is 0. The van der Waals surface area contributed by atoms with Gasteiger partial charge in [0, 0.05) is 12.1 Å². The van der Waals surface area contributed by atoms with Crippen LogP contribution < -0.4 is 4.74 Å². The van der Waals surface area contributed by atoms with Gasteiger partial charge in [-0.2, -0.15) is 5.26 Å². The number of nitrogens with zero attached hydrogens (tertiary/aromatic N) is 2. The minimum atomic E-state index is -0.518. The Kier molecular flexibility index (Phi) is 3.57. The van der Waals surface area contributed by atoms with Crippen LogP contribution in [-0.4, -0.2) is 27.8 Å². The summed E-state index contributed by atoms with van der Waals surface area (Å²) in [5.41, 5.74) is 2.66. The van der Waals surface area contributed by atoms with E-state index >= 15 is 0 Å². The zero-order chi connectivity index (χ0) is 16.8. The number of thiocarbonyl (C=S) groups is 1. The SMILES string of the molecule is CC1=C(N2CC=CC(=O)C2=S)c2cc(C#N)ccc2OC1(C)C. The molecular formula is C18H16N2O2S. The van der Waals surface area contributed by atoms with Crippen LogP contribution in [0.4, 0.5) is 0 Å².